The second-order valence-corrected chi connectivity index (χ2v) is 10.7. The normalized spacial score (nSPS) is 11.8. The summed E-state index contributed by atoms with van der Waals surface area (Å²) < 4.78 is 4.39. The number of rotatable bonds is 5. The van der Waals surface area contributed by atoms with Crippen LogP contribution < -0.4 is 19.6 Å². The molecule has 0 bridgehead atoms. The molecule has 0 aliphatic carbocycles. The summed E-state index contributed by atoms with van der Waals surface area (Å²) >= 11 is 0. The molecule has 3 heterocycles. The number of fused-ring (bicyclic) bond motifs is 2. The van der Waals surface area contributed by atoms with Crippen molar-refractivity contribution in [3.63, 3.8) is 0 Å². The van der Waals surface area contributed by atoms with Crippen LogP contribution in [0.3, 0.4) is 0 Å². The molecule has 0 atom stereocenters. The van der Waals surface area contributed by atoms with Crippen molar-refractivity contribution < 1.29 is 9.13 Å². The summed E-state index contributed by atoms with van der Waals surface area (Å²) in [5.41, 5.74) is 8.95. The van der Waals surface area contributed by atoms with Gasteiger partial charge in [-0.3, -0.25) is 0 Å². The van der Waals surface area contributed by atoms with Gasteiger partial charge in [0.05, 0.1) is 32.6 Å². The SMILES string of the molecule is C=c1cccc/c1=C(/c1ccccc1C)[n+]1ccc(/C=C/c2cc[n+](-c3c4ccccc4nc4ccccc34)cc2)cc1.CC. The first-order valence-electron chi connectivity index (χ1n) is 15.5. The number of aromatic nitrogens is 3. The molecule has 4 aromatic carbocycles. The summed E-state index contributed by atoms with van der Waals surface area (Å²) in [4.78, 5) is 4.87. The van der Waals surface area contributed by atoms with Gasteiger partial charge >= 0.3 is 0 Å². The van der Waals surface area contributed by atoms with Crippen LogP contribution in [0.15, 0.2) is 146 Å². The van der Waals surface area contributed by atoms with Crippen LogP contribution in [0.5, 0.6) is 0 Å². The van der Waals surface area contributed by atoms with Crippen LogP contribution in [0.1, 0.15) is 36.1 Å². The quantitative estimate of drug-likeness (QED) is 0.151. The lowest BCUT2D eigenvalue weighted by Crippen LogP contribution is -2.41. The number of pyridine rings is 3. The maximum atomic E-state index is 4.87. The smallest absolute Gasteiger partial charge is 0.229 e. The fraction of sp³-hybridized carbons (Fsp3) is 0.0714. The minimum atomic E-state index is 0.996. The molecular weight excluding hydrogens is 546 g/mol. The van der Waals surface area contributed by atoms with Crippen molar-refractivity contribution in [1.82, 2.24) is 4.98 Å². The number of para-hydroxylation sites is 2. The second kappa shape index (κ2) is 13.3. The Hall–Kier alpha value is -5.67. The monoisotopic (exact) mass is 583 g/mol. The zero-order valence-electron chi connectivity index (χ0n) is 26.1. The molecule has 3 heteroatoms. The average molecular weight is 584 g/mol. The van der Waals surface area contributed by atoms with E-state index in [0.29, 0.717) is 0 Å². The maximum absolute atomic E-state index is 4.87. The molecule has 7 rings (SSSR count). The number of aryl methyl sites for hydroxylation is 1. The highest BCUT2D eigenvalue weighted by atomic mass is 15.0. The van der Waals surface area contributed by atoms with E-state index >= 15 is 0 Å². The van der Waals surface area contributed by atoms with Gasteiger partial charge in [0.25, 0.3) is 0 Å². The summed E-state index contributed by atoms with van der Waals surface area (Å²) in [7, 11) is 0. The van der Waals surface area contributed by atoms with Crippen molar-refractivity contribution in [2.24, 2.45) is 0 Å². The molecule has 0 amide bonds. The van der Waals surface area contributed by atoms with Crippen molar-refractivity contribution in [3.05, 3.63) is 179 Å². The standard InChI is InChI=1S/C40H31N3.C2H6/c1-29-11-3-5-13-33(29)39(34-14-6-4-12-30(34)2)42-25-21-31(22-26-42)19-20-32-23-27-43(28-24-32)40-35-15-7-9-17-37(35)41-38-18-10-8-16-36(38)40;1-2/h3-28H,1H2,2H3;1-2H3/q+2;/b20-19+,39-33+;. The van der Waals surface area contributed by atoms with Crippen LogP contribution in [-0.2, 0) is 0 Å². The molecule has 218 valence electrons. The maximum Gasteiger partial charge on any atom is 0.229 e. The Bertz CT molecular complexity index is 2190. The van der Waals surface area contributed by atoms with E-state index in [1.54, 1.807) is 0 Å². The van der Waals surface area contributed by atoms with Gasteiger partial charge in [-0.05, 0) is 65.2 Å². The third-order valence-corrected chi connectivity index (χ3v) is 7.93. The zero-order valence-corrected chi connectivity index (χ0v) is 26.1. The van der Waals surface area contributed by atoms with Crippen molar-refractivity contribution in [2.45, 2.75) is 20.8 Å². The molecule has 3 aromatic heterocycles. The van der Waals surface area contributed by atoms with E-state index in [9.17, 15) is 0 Å². The highest BCUT2D eigenvalue weighted by molar-refractivity contribution is 6.01. The Kier molecular flexibility index (Phi) is 8.70. The molecule has 0 N–H and O–H groups in total. The predicted molar refractivity (Wildman–Crippen MR) is 188 cm³/mol. The molecule has 0 aliphatic heterocycles. The van der Waals surface area contributed by atoms with Crippen molar-refractivity contribution in [3.8, 4) is 5.69 Å². The molecule has 0 unspecified atom stereocenters. The Morgan fingerprint density at radius 3 is 1.71 bits per heavy atom. The van der Waals surface area contributed by atoms with E-state index in [1.165, 1.54) is 11.1 Å². The molecule has 0 spiro atoms. The Labute approximate surface area is 265 Å². The summed E-state index contributed by atoms with van der Waals surface area (Å²) in [5, 5.41) is 4.40. The summed E-state index contributed by atoms with van der Waals surface area (Å²) in [6.45, 7) is 10.5. The van der Waals surface area contributed by atoms with Gasteiger partial charge in [-0.1, -0.05) is 93.2 Å². The number of benzene rings is 4. The highest BCUT2D eigenvalue weighted by Gasteiger charge is 2.18. The predicted octanol–water partition coefficient (Wildman–Crippen LogP) is 7.57. The molecule has 45 heavy (non-hydrogen) atoms. The zero-order chi connectivity index (χ0) is 31.2. The van der Waals surface area contributed by atoms with E-state index in [1.807, 2.05) is 32.0 Å². The first-order chi connectivity index (χ1) is 22.2. The second-order valence-electron chi connectivity index (χ2n) is 10.7. The Morgan fingerprint density at radius 2 is 1.11 bits per heavy atom. The third-order valence-electron chi connectivity index (χ3n) is 7.93. The molecule has 7 aromatic rings. The van der Waals surface area contributed by atoms with Gasteiger partial charge in [-0.15, -0.1) is 0 Å². The van der Waals surface area contributed by atoms with E-state index in [4.69, 9.17) is 4.98 Å². The topological polar surface area (TPSA) is 20.6 Å². The first kappa shape index (κ1) is 29.4. The molecular formula is C42H37N3+2. The number of hydrogen-bond acceptors (Lipinski definition) is 1. The lowest BCUT2D eigenvalue weighted by molar-refractivity contribution is -0.592. The van der Waals surface area contributed by atoms with Gasteiger partial charge in [0, 0.05) is 24.3 Å². The Balaban J connectivity index is 0.00000175. The van der Waals surface area contributed by atoms with Gasteiger partial charge in [0.2, 0.25) is 11.4 Å². The van der Waals surface area contributed by atoms with Gasteiger partial charge in [0.15, 0.2) is 24.8 Å². The molecule has 0 aliphatic rings. The van der Waals surface area contributed by atoms with Crippen LogP contribution in [-0.4, -0.2) is 4.98 Å². The van der Waals surface area contributed by atoms with Crippen LogP contribution in [0.25, 0.3) is 51.9 Å². The van der Waals surface area contributed by atoms with E-state index in [2.05, 4.69) is 163 Å². The number of hydrogen-bond donors (Lipinski definition) is 0. The van der Waals surface area contributed by atoms with E-state index in [-0.39, 0.29) is 0 Å². The molecule has 0 fully saturated rings. The fourth-order valence-corrected chi connectivity index (χ4v) is 5.70. The lowest BCUT2D eigenvalue weighted by atomic mass is 10.0. The minimum absolute atomic E-state index is 0.996. The lowest BCUT2D eigenvalue weighted by Gasteiger charge is -2.07. The highest BCUT2D eigenvalue weighted by Crippen LogP contribution is 2.26. The Morgan fingerprint density at radius 1 is 0.600 bits per heavy atom. The molecule has 3 nitrogen and oxygen atoms in total. The average Bonchev–Trinajstić information content (AvgIpc) is 3.10. The van der Waals surface area contributed by atoms with Crippen LogP contribution in [0.2, 0.25) is 0 Å². The first-order valence-corrected chi connectivity index (χ1v) is 15.5. The van der Waals surface area contributed by atoms with Crippen molar-refractivity contribution >= 4 is 46.2 Å². The summed E-state index contributed by atoms with van der Waals surface area (Å²) in [5.74, 6) is 0. The summed E-state index contributed by atoms with van der Waals surface area (Å²) in [6.07, 6.45) is 12.8. The summed E-state index contributed by atoms with van der Waals surface area (Å²) in [6, 6.07) is 42.1. The van der Waals surface area contributed by atoms with Crippen molar-refractivity contribution in [2.75, 3.05) is 0 Å². The molecule has 0 radical (unpaired) electrons. The number of nitrogens with zero attached hydrogens (tertiary/aromatic N) is 3. The van der Waals surface area contributed by atoms with Gasteiger partial charge in [-0.25, -0.2) is 4.98 Å². The minimum Gasteiger partial charge on any atom is -0.247 e. The van der Waals surface area contributed by atoms with Gasteiger partial charge < -0.3 is 0 Å². The van der Waals surface area contributed by atoms with Gasteiger partial charge in [0.1, 0.15) is 0 Å². The molecule has 0 saturated carbocycles. The van der Waals surface area contributed by atoms with Gasteiger partial charge in [-0.2, -0.15) is 9.13 Å². The third kappa shape index (κ3) is 6.07. The van der Waals surface area contributed by atoms with Crippen molar-refractivity contribution in [1.29, 1.82) is 0 Å². The fourth-order valence-electron chi connectivity index (χ4n) is 5.70. The van der Waals surface area contributed by atoms with Crippen LogP contribution in [0, 0.1) is 6.92 Å². The van der Waals surface area contributed by atoms with E-state index < -0.39 is 0 Å². The van der Waals surface area contributed by atoms with Crippen LogP contribution >= 0.6 is 0 Å². The molecule has 0 saturated heterocycles. The largest absolute Gasteiger partial charge is 0.247 e. The van der Waals surface area contributed by atoms with E-state index in [0.717, 1.165) is 54.8 Å². The van der Waals surface area contributed by atoms with Crippen LogP contribution in [0.4, 0.5) is 0 Å².